The third-order valence-electron chi connectivity index (χ3n) is 20.2. The summed E-state index contributed by atoms with van der Waals surface area (Å²) >= 11 is 0. The van der Waals surface area contributed by atoms with Crippen molar-refractivity contribution in [3.05, 3.63) is 356 Å². The summed E-state index contributed by atoms with van der Waals surface area (Å²) < 4.78 is 7.41. The van der Waals surface area contributed by atoms with E-state index in [4.69, 9.17) is 0 Å². The van der Waals surface area contributed by atoms with Crippen molar-refractivity contribution in [1.82, 2.24) is 13.7 Å². The molecular weight excluding hydrogens is 1110 g/mol. The maximum absolute atomic E-state index is 2.54. The van der Waals surface area contributed by atoms with Crippen LogP contribution >= 0.6 is 0 Å². The van der Waals surface area contributed by atoms with Gasteiger partial charge < -0.3 is 23.5 Å². The summed E-state index contributed by atoms with van der Waals surface area (Å²) in [7, 11) is 0. The lowest BCUT2D eigenvalue weighted by Gasteiger charge is -2.40. The SMILES string of the molecule is c1ccc(N(c2ccc(-n3c4ccccc4c4c5ccccc5ccc43)cc2)c2ccc3c(c2)C2(c4cc(N(c5ccccc5)c5ccc(-n6c7ccccc7c7c8ccccc8ccc76)cc5)ccc4-3)c3ccccc3-n3c4ccccc4c4cccc2c43)cc1. The van der Waals surface area contributed by atoms with E-state index in [1.807, 2.05) is 0 Å². The van der Waals surface area contributed by atoms with E-state index in [9.17, 15) is 0 Å². The van der Waals surface area contributed by atoms with Gasteiger partial charge in [-0.05, 0) is 188 Å². The van der Waals surface area contributed by atoms with Gasteiger partial charge in [-0.1, -0.05) is 200 Å². The first-order chi connectivity index (χ1) is 45.7. The van der Waals surface area contributed by atoms with Crippen LogP contribution in [0.3, 0.4) is 0 Å². The third kappa shape index (κ3) is 7.02. The summed E-state index contributed by atoms with van der Waals surface area (Å²) in [5, 5.41) is 12.6. The Bertz CT molecular complexity index is 5780. The van der Waals surface area contributed by atoms with Crippen LogP contribution in [0.25, 0.3) is 115 Å². The van der Waals surface area contributed by atoms with Crippen molar-refractivity contribution >= 4 is 121 Å². The second kappa shape index (κ2) is 19.4. The number of aromatic nitrogens is 3. The molecule has 0 saturated heterocycles. The topological polar surface area (TPSA) is 21.3 Å². The van der Waals surface area contributed by atoms with Gasteiger partial charge in [-0.3, -0.25) is 0 Å². The lowest BCUT2D eigenvalue weighted by Crippen LogP contribution is -2.33. The predicted molar refractivity (Wildman–Crippen MR) is 385 cm³/mol. The number of anilines is 6. The number of fused-ring (bicyclic) bond motifs is 22. The van der Waals surface area contributed by atoms with Crippen LogP contribution in [0.15, 0.2) is 334 Å². The lowest BCUT2D eigenvalue weighted by atomic mass is 9.65. The molecular formula is C87H55N5. The zero-order valence-electron chi connectivity index (χ0n) is 50.0. The van der Waals surface area contributed by atoms with Crippen LogP contribution in [0.2, 0.25) is 0 Å². The highest BCUT2D eigenvalue weighted by Gasteiger charge is 2.51. The minimum absolute atomic E-state index is 0.753. The number of nitrogens with zero attached hydrogens (tertiary/aromatic N) is 5. The Balaban J connectivity index is 0.787. The number of hydrogen-bond acceptors (Lipinski definition) is 2. The molecule has 18 aromatic rings. The van der Waals surface area contributed by atoms with E-state index in [-0.39, 0.29) is 0 Å². The van der Waals surface area contributed by atoms with Crippen molar-refractivity contribution in [2.24, 2.45) is 0 Å². The van der Waals surface area contributed by atoms with Crippen molar-refractivity contribution in [2.45, 2.75) is 5.41 Å². The van der Waals surface area contributed by atoms with Gasteiger partial charge in [0, 0.05) is 77.8 Å². The van der Waals surface area contributed by atoms with Crippen molar-refractivity contribution in [1.29, 1.82) is 0 Å². The van der Waals surface area contributed by atoms with E-state index in [0.717, 1.165) is 45.5 Å². The summed E-state index contributed by atoms with van der Waals surface area (Å²) in [6.45, 7) is 0. The molecule has 5 nitrogen and oxygen atoms in total. The van der Waals surface area contributed by atoms with Gasteiger partial charge in [0.25, 0.3) is 0 Å². The predicted octanol–water partition coefficient (Wildman–Crippen LogP) is 22.9. The van der Waals surface area contributed by atoms with Gasteiger partial charge in [0.15, 0.2) is 0 Å². The molecule has 0 N–H and O–H groups in total. The molecule has 1 aliphatic heterocycles. The Hall–Kier alpha value is -12.2. The van der Waals surface area contributed by atoms with E-state index in [1.54, 1.807) is 0 Å². The molecule has 15 aromatic carbocycles. The molecule has 2 aliphatic rings. The normalized spacial score (nSPS) is 12.9. The largest absolute Gasteiger partial charge is 0.310 e. The standard InChI is InChI=1S/C87H55N5/c1-3-22-58(23-4-1)88(60-40-44-62(45-41-60)90-79-35-16-12-29-72(79)84-66-26-9-7-20-56(66)38-52-82(84)90)64-48-50-68-69-51-49-65(55-77(69)87(76(68)54-64)74-32-14-18-37-81(74)92-78-34-15-11-28-70(78)71-31-19-33-75(87)86(71)92)89(59-24-5-2-6-25-59)61-42-46-63(47-43-61)91-80-36-17-13-30-73(80)85-67-27-10-8-21-57(67)39-53-83(85)91/h1-55H. The first kappa shape index (κ1) is 50.8. The minimum atomic E-state index is -0.753. The third-order valence-corrected chi connectivity index (χ3v) is 20.2. The molecule has 0 radical (unpaired) electrons. The molecule has 428 valence electrons. The smallest absolute Gasteiger partial charge is 0.0756 e. The first-order valence-electron chi connectivity index (χ1n) is 31.8. The summed E-state index contributed by atoms with van der Waals surface area (Å²) in [5.41, 5.74) is 23.8. The zero-order valence-corrected chi connectivity index (χ0v) is 50.0. The number of para-hydroxylation sites is 7. The molecule has 1 aliphatic carbocycles. The Kier molecular flexibility index (Phi) is 10.7. The maximum Gasteiger partial charge on any atom is 0.0756 e. The Labute approximate surface area is 531 Å². The molecule has 3 aromatic heterocycles. The first-order valence-corrected chi connectivity index (χ1v) is 31.8. The molecule has 1 spiro atoms. The Morgan fingerprint density at radius 1 is 0.228 bits per heavy atom. The van der Waals surface area contributed by atoms with E-state index in [1.165, 1.54) is 126 Å². The molecule has 0 atom stereocenters. The highest BCUT2D eigenvalue weighted by Crippen LogP contribution is 2.63. The fraction of sp³-hybridized carbons (Fsp3) is 0.0115. The van der Waals surface area contributed by atoms with Crippen molar-refractivity contribution in [2.75, 3.05) is 9.80 Å². The van der Waals surface area contributed by atoms with Gasteiger partial charge in [0.2, 0.25) is 0 Å². The molecule has 5 heteroatoms. The van der Waals surface area contributed by atoms with Crippen LogP contribution in [-0.4, -0.2) is 13.7 Å². The highest BCUT2D eigenvalue weighted by atomic mass is 15.2. The Morgan fingerprint density at radius 3 is 1.14 bits per heavy atom. The van der Waals surface area contributed by atoms with Crippen molar-refractivity contribution in [3.63, 3.8) is 0 Å². The van der Waals surface area contributed by atoms with Crippen molar-refractivity contribution in [3.8, 4) is 28.2 Å². The summed E-state index contributed by atoms with van der Waals surface area (Å²) in [4.78, 5) is 4.89. The fourth-order valence-electron chi connectivity index (χ4n) is 16.4. The van der Waals surface area contributed by atoms with E-state index in [0.29, 0.717) is 0 Å². The summed E-state index contributed by atoms with van der Waals surface area (Å²) in [6, 6.07) is 124. The minimum Gasteiger partial charge on any atom is -0.310 e. The number of benzene rings is 15. The van der Waals surface area contributed by atoms with Gasteiger partial charge in [-0.15, -0.1) is 0 Å². The molecule has 92 heavy (non-hydrogen) atoms. The van der Waals surface area contributed by atoms with Crippen LogP contribution < -0.4 is 9.80 Å². The van der Waals surface area contributed by atoms with Crippen LogP contribution in [0.4, 0.5) is 34.1 Å². The van der Waals surface area contributed by atoms with Crippen LogP contribution in [0.5, 0.6) is 0 Å². The van der Waals surface area contributed by atoms with Gasteiger partial charge in [-0.25, -0.2) is 0 Å². The van der Waals surface area contributed by atoms with Crippen LogP contribution in [-0.2, 0) is 5.41 Å². The average molecular weight is 1170 g/mol. The highest BCUT2D eigenvalue weighted by molar-refractivity contribution is 6.23. The van der Waals surface area contributed by atoms with Gasteiger partial charge in [0.05, 0.1) is 44.2 Å². The fourth-order valence-corrected chi connectivity index (χ4v) is 16.4. The number of rotatable bonds is 8. The molecule has 0 amide bonds. The molecule has 20 rings (SSSR count). The second-order valence-corrected chi connectivity index (χ2v) is 24.7. The Morgan fingerprint density at radius 2 is 0.620 bits per heavy atom. The zero-order chi connectivity index (χ0) is 60.2. The average Bonchev–Trinajstić information content (AvgIpc) is 1.48. The quantitative estimate of drug-likeness (QED) is 0.151. The van der Waals surface area contributed by atoms with Crippen LogP contribution in [0, 0.1) is 0 Å². The molecule has 4 heterocycles. The van der Waals surface area contributed by atoms with Crippen molar-refractivity contribution < 1.29 is 0 Å². The molecule has 0 saturated carbocycles. The molecule has 0 fully saturated rings. The summed E-state index contributed by atoms with van der Waals surface area (Å²) in [5.74, 6) is 0. The lowest BCUT2D eigenvalue weighted by molar-refractivity contribution is 0.748. The van der Waals surface area contributed by atoms with Gasteiger partial charge >= 0.3 is 0 Å². The summed E-state index contributed by atoms with van der Waals surface area (Å²) in [6.07, 6.45) is 0. The second-order valence-electron chi connectivity index (χ2n) is 24.7. The van der Waals surface area contributed by atoms with Gasteiger partial charge in [0.1, 0.15) is 0 Å². The van der Waals surface area contributed by atoms with Gasteiger partial charge in [-0.2, -0.15) is 0 Å². The molecule has 0 bridgehead atoms. The number of hydrogen-bond donors (Lipinski definition) is 0. The molecule has 0 unspecified atom stereocenters. The monoisotopic (exact) mass is 1170 g/mol. The maximum atomic E-state index is 2.54. The van der Waals surface area contributed by atoms with E-state index < -0.39 is 5.41 Å². The van der Waals surface area contributed by atoms with E-state index >= 15 is 0 Å². The van der Waals surface area contributed by atoms with Crippen LogP contribution in [0.1, 0.15) is 22.3 Å². The van der Waals surface area contributed by atoms with E-state index in [2.05, 4.69) is 357 Å².